The molecule has 0 aliphatic rings. The minimum absolute atomic E-state index is 0.189. The summed E-state index contributed by atoms with van der Waals surface area (Å²) >= 11 is 0. The highest BCUT2D eigenvalue weighted by molar-refractivity contribution is 5.85. The third-order valence-corrected chi connectivity index (χ3v) is 2.91. The molecule has 0 amide bonds. The highest BCUT2D eigenvalue weighted by atomic mass is 16.5. The first kappa shape index (κ1) is 16.8. The Kier molecular flexibility index (Phi) is 7.02. The molecule has 0 aromatic heterocycles. The van der Waals surface area contributed by atoms with Gasteiger partial charge in [0.05, 0.1) is 13.7 Å². The molecule has 1 N–H and O–H groups in total. The molecule has 0 saturated carbocycles. The van der Waals surface area contributed by atoms with Gasteiger partial charge in [0.25, 0.3) is 0 Å². The van der Waals surface area contributed by atoms with Gasteiger partial charge in [-0.25, -0.2) is 0 Å². The van der Waals surface area contributed by atoms with Crippen LogP contribution in [0.15, 0.2) is 47.5 Å². The zero-order valence-electron chi connectivity index (χ0n) is 13.1. The summed E-state index contributed by atoms with van der Waals surface area (Å²) < 4.78 is 5.10. The monoisotopic (exact) mass is 285 g/mol. The highest BCUT2D eigenvalue weighted by Gasteiger charge is 2.05. The number of phenolic OH excluding ortho intramolecular Hbond substituents is 1. The molecule has 0 unspecified atom stereocenters. The molecule has 0 atom stereocenters. The van der Waals surface area contributed by atoms with E-state index in [1.807, 2.05) is 57.2 Å². The molecule has 0 bridgehead atoms. The van der Waals surface area contributed by atoms with Crippen LogP contribution in [0.5, 0.6) is 11.5 Å². The average Bonchev–Trinajstić information content (AvgIpc) is 2.52. The van der Waals surface area contributed by atoms with E-state index in [1.54, 1.807) is 19.4 Å². The third-order valence-electron chi connectivity index (χ3n) is 2.91. The Bertz CT molecular complexity index is 554. The lowest BCUT2D eigenvalue weighted by Crippen LogP contribution is -1.92. The van der Waals surface area contributed by atoms with Gasteiger partial charge >= 0.3 is 0 Å². The van der Waals surface area contributed by atoms with Crippen molar-refractivity contribution in [1.29, 1.82) is 0 Å². The fraction of sp³-hybridized carbons (Fsp3) is 0.278. The number of aliphatic imine (C=N–C) groups is 1. The smallest absolute Gasteiger partial charge is 0.128 e. The zero-order valence-corrected chi connectivity index (χ0v) is 13.1. The van der Waals surface area contributed by atoms with Crippen molar-refractivity contribution in [3.8, 4) is 11.5 Å². The van der Waals surface area contributed by atoms with Gasteiger partial charge in [-0.05, 0) is 24.1 Å². The lowest BCUT2D eigenvalue weighted by atomic mass is 10.1. The maximum Gasteiger partial charge on any atom is 0.128 e. The van der Waals surface area contributed by atoms with Crippen molar-refractivity contribution in [2.75, 3.05) is 7.11 Å². The summed E-state index contributed by atoms with van der Waals surface area (Å²) in [5.41, 5.74) is 2.81. The maximum absolute atomic E-state index is 9.93. The molecule has 2 aromatic rings. The van der Waals surface area contributed by atoms with Crippen LogP contribution in [0.2, 0.25) is 0 Å². The van der Waals surface area contributed by atoms with Crippen LogP contribution < -0.4 is 4.74 Å². The second kappa shape index (κ2) is 8.80. The molecule has 0 spiro atoms. The molecule has 0 aliphatic heterocycles. The van der Waals surface area contributed by atoms with E-state index in [-0.39, 0.29) is 5.75 Å². The van der Waals surface area contributed by atoms with E-state index in [9.17, 15) is 5.11 Å². The van der Waals surface area contributed by atoms with Crippen molar-refractivity contribution in [2.24, 2.45) is 4.99 Å². The van der Waals surface area contributed by atoms with Gasteiger partial charge in [-0.3, -0.25) is 4.99 Å². The quantitative estimate of drug-likeness (QED) is 0.848. The predicted octanol–water partition coefficient (Wildman–Crippen LogP) is 4.35. The molecule has 112 valence electrons. The van der Waals surface area contributed by atoms with Crippen molar-refractivity contribution in [1.82, 2.24) is 0 Å². The molecular weight excluding hydrogens is 262 g/mol. The predicted molar refractivity (Wildman–Crippen MR) is 88.5 cm³/mol. The van der Waals surface area contributed by atoms with Crippen LogP contribution in [-0.4, -0.2) is 18.4 Å². The number of rotatable bonds is 4. The summed E-state index contributed by atoms with van der Waals surface area (Å²) in [7, 11) is 1.58. The van der Waals surface area contributed by atoms with E-state index < -0.39 is 0 Å². The molecule has 0 heterocycles. The first-order valence-electron chi connectivity index (χ1n) is 7.12. The molecule has 2 rings (SSSR count). The summed E-state index contributed by atoms with van der Waals surface area (Å²) in [6, 6.07) is 13.5. The molecule has 0 radical (unpaired) electrons. The summed E-state index contributed by atoms with van der Waals surface area (Å²) in [6.45, 7) is 6.53. The van der Waals surface area contributed by atoms with Crippen LogP contribution in [0, 0.1) is 6.92 Å². The Morgan fingerprint density at radius 3 is 2.38 bits per heavy atom. The van der Waals surface area contributed by atoms with Crippen LogP contribution in [-0.2, 0) is 6.54 Å². The number of benzene rings is 2. The molecule has 0 saturated heterocycles. The summed E-state index contributed by atoms with van der Waals surface area (Å²) in [5, 5.41) is 9.93. The highest BCUT2D eigenvalue weighted by Crippen LogP contribution is 2.26. The molecule has 0 fully saturated rings. The molecule has 2 aromatic carbocycles. The van der Waals surface area contributed by atoms with Crippen LogP contribution in [0.25, 0.3) is 0 Å². The average molecular weight is 285 g/mol. The second-order valence-corrected chi connectivity index (χ2v) is 4.33. The van der Waals surface area contributed by atoms with Gasteiger partial charge in [-0.2, -0.15) is 0 Å². The SMILES string of the molecule is CC.COc1cc(C)c(C=NCc2ccccc2)c(O)c1. The van der Waals surface area contributed by atoms with Crippen molar-refractivity contribution in [3.63, 3.8) is 0 Å². The topological polar surface area (TPSA) is 41.8 Å². The third kappa shape index (κ3) is 4.95. The summed E-state index contributed by atoms with van der Waals surface area (Å²) in [6.07, 6.45) is 1.71. The van der Waals surface area contributed by atoms with Gasteiger partial charge in [0.15, 0.2) is 0 Å². The van der Waals surface area contributed by atoms with E-state index in [2.05, 4.69) is 4.99 Å². The van der Waals surface area contributed by atoms with Crippen molar-refractivity contribution < 1.29 is 9.84 Å². The Balaban J connectivity index is 0.00000106. The number of nitrogens with zero attached hydrogens (tertiary/aromatic N) is 1. The molecule has 3 nitrogen and oxygen atoms in total. The lowest BCUT2D eigenvalue weighted by Gasteiger charge is -2.07. The van der Waals surface area contributed by atoms with E-state index in [4.69, 9.17) is 4.74 Å². The fourth-order valence-corrected chi connectivity index (χ4v) is 1.86. The van der Waals surface area contributed by atoms with E-state index in [1.165, 1.54) is 0 Å². The number of hydrogen-bond acceptors (Lipinski definition) is 3. The first-order valence-corrected chi connectivity index (χ1v) is 7.12. The lowest BCUT2D eigenvalue weighted by molar-refractivity contribution is 0.407. The second-order valence-electron chi connectivity index (χ2n) is 4.33. The number of aromatic hydroxyl groups is 1. The van der Waals surface area contributed by atoms with Gasteiger partial charge in [0.2, 0.25) is 0 Å². The van der Waals surface area contributed by atoms with Crippen LogP contribution in [0.4, 0.5) is 0 Å². The number of hydrogen-bond donors (Lipinski definition) is 1. The van der Waals surface area contributed by atoms with E-state index in [0.717, 1.165) is 16.7 Å². The van der Waals surface area contributed by atoms with Crippen LogP contribution in [0.1, 0.15) is 30.5 Å². The minimum Gasteiger partial charge on any atom is -0.507 e. The van der Waals surface area contributed by atoms with Crippen LogP contribution in [0.3, 0.4) is 0 Å². The van der Waals surface area contributed by atoms with Crippen molar-refractivity contribution in [3.05, 3.63) is 59.2 Å². The standard InChI is InChI=1S/C16H17NO2.C2H6/c1-12-8-14(19-2)9-16(18)15(12)11-17-10-13-6-4-3-5-7-13;1-2/h3-9,11,18H,10H2,1-2H3;1-2H3. The van der Waals surface area contributed by atoms with Crippen molar-refractivity contribution >= 4 is 6.21 Å². The normalized spacial score (nSPS) is 10.1. The minimum atomic E-state index is 0.189. The number of ether oxygens (including phenoxy) is 1. The summed E-state index contributed by atoms with van der Waals surface area (Å²) in [5.74, 6) is 0.837. The van der Waals surface area contributed by atoms with Crippen LogP contribution >= 0.6 is 0 Å². The molecule has 0 aliphatic carbocycles. The summed E-state index contributed by atoms with van der Waals surface area (Å²) in [4.78, 5) is 4.36. The molecular formula is C18H23NO2. The van der Waals surface area contributed by atoms with Gasteiger partial charge in [0, 0.05) is 17.8 Å². The Morgan fingerprint density at radius 1 is 1.14 bits per heavy atom. The Labute approximate surface area is 126 Å². The number of methoxy groups -OCH3 is 1. The van der Waals surface area contributed by atoms with Gasteiger partial charge in [-0.15, -0.1) is 0 Å². The molecule has 3 heteroatoms. The fourth-order valence-electron chi connectivity index (χ4n) is 1.86. The first-order chi connectivity index (χ1) is 10.2. The van der Waals surface area contributed by atoms with Crippen molar-refractivity contribution in [2.45, 2.75) is 27.3 Å². The Morgan fingerprint density at radius 2 is 1.81 bits per heavy atom. The maximum atomic E-state index is 9.93. The Hall–Kier alpha value is -2.29. The van der Waals surface area contributed by atoms with E-state index >= 15 is 0 Å². The largest absolute Gasteiger partial charge is 0.507 e. The van der Waals surface area contributed by atoms with Gasteiger partial charge in [0.1, 0.15) is 11.5 Å². The van der Waals surface area contributed by atoms with Gasteiger partial charge < -0.3 is 9.84 Å². The number of phenols is 1. The number of aryl methyl sites for hydroxylation is 1. The molecule has 21 heavy (non-hydrogen) atoms. The van der Waals surface area contributed by atoms with E-state index in [0.29, 0.717) is 12.3 Å². The van der Waals surface area contributed by atoms with Gasteiger partial charge in [-0.1, -0.05) is 44.2 Å². The zero-order chi connectivity index (χ0) is 15.7.